The van der Waals surface area contributed by atoms with Crippen molar-refractivity contribution in [3.8, 4) is 22.9 Å². The monoisotopic (exact) mass is 397 g/mol. The van der Waals surface area contributed by atoms with Crippen molar-refractivity contribution in [3.63, 3.8) is 0 Å². The molecule has 146 valence electrons. The molecule has 0 atom stereocenters. The first kappa shape index (κ1) is 20.0. The summed E-state index contributed by atoms with van der Waals surface area (Å²) < 4.78 is 7.21. The van der Waals surface area contributed by atoms with E-state index in [1.165, 1.54) is 4.57 Å². The summed E-state index contributed by atoms with van der Waals surface area (Å²) in [5.74, 6) is -0.371. The molecule has 0 aliphatic carbocycles. The van der Waals surface area contributed by atoms with Crippen LogP contribution in [-0.4, -0.2) is 27.6 Å². The van der Waals surface area contributed by atoms with E-state index in [4.69, 9.17) is 4.74 Å². The van der Waals surface area contributed by atoms with E-state index in [0.29, 0.717) is 11.3 Å². The van der Waals surface area contributed by atoms with Gasteiger partial charge in [-0.05, 0) is 36.4 Å². The van der Waals surface area contributed by atoms with Gasteiger partial charge in [0.05, 0.1) is 12.3 Å². The van der Waals surface area contributed by atoms with Crippen LogP contribution in [0.1, 0.15) is 11.1 Å². The van der Waals surface area contributed by atoms with Crippen LogP contribution >= 0.6 is 11.8 Å². The van der Waals surface area contributed by atoms with Gasteiger partial charge in [0.15, 0.2) is 0 Å². The number of ether oxygens (including phenoxy) is 1. The maximum Gasteiger partial charge on any atom is 0.239 e. The van der Waals surface area contributed by atoms with Crippen LogP contribution in [0.5, 0.6) is 11.6 Å². The van der Waals surface area contributed by atoms with Crippen LogP contribution in [0.3, 0.4) is 0 Å². The number of aliphatic hydroxyl groups excluding tert-OH is 1. The summed E-state index contributed by atoms with van der Waals surface area (Å²) >= 11 is 1.63. The van der Waals surface area contributed by atoms with Gasteiger partial charge in [-0.1, -0.05) is 42.5 Å². The highest BCUT2D eigenvalue weighted by Gasteiger charge is 2.21. The standard InChI is InChI=1S/C22H23NO4S/c1-15-19(17-8-10-18(28-2)11-9-17)23(12-13-24)22(26)21(20(15)25)27-14-16-6-4-3-5-7-16/h3-11,24,26H,12-14H2,1-2H3. The Bertz CT molecular complexity index is 998. The van der Waals surface area contributed by atoms with Gasteiger partial charge in [-0.15, -0.1) is 11.8 Å². The predicted molar refractivity (Wildman–Crippen MR) is 112 cm³/mol. The fourth-order valence-electron chi connectivity index (χ4n) is 3.11. The van der Waals surface area contributed by atoms with E-state index >= 15 is 0 Å². The predicted octanol–water partition coefficient (Wildman–Crippen LogP) is 3.82. The third kappa shape index (κ3) is 4.08. The number of benzene rings is 2. The van der Waals surface area contributed by atoms with E-state index in [9.17, 15) is 15.0 Å². The van der Waals surface area contributed by atoms with Gasteiger partial charge in [-0.3, -0.25) is 4.79 Å². The minimum atomic E-state index is -0.355. The molecule has 0 spiro atoms. The smallest absolute Gasteiger partial charge is 0.239 e. The van der Waals surface area contributed by atoms with Crippen LogP contribution in [0.2, 0.25) is 0 Å². The number of hydrogen-bond donors (Lipinski definition) is 2. The molecular weight excluding hydrogens is 374 g/mol. The van der Waals surface area contributed by atoms with Crippen LogP contribution in [0.15, 0.2) is 64.3 Å². The Hall–Kier alpha value is -2.70. The first-order valence-corrected chi connectivity index (χ1v) is 10.2. The SMILES string of the molecule is CSc1ccc(-c2c(C)c(=O)c(OCc3ccccc3)c(O)n2CCO)cc1. The van der Waals surface area contributed by atoms with Crippen molar-refractivity contribution in [2.45, 2.75) is 25.0 Å². The number of thioether (sulfide) groups is 1. The Morgan fingerprint density at radius 3 is 2.36 bits per heavy atom. The van der Waals surface area contributed by atoms with Crippen LogP contribution in [0, 0.1) is 6.92 Å². The average Bonchev–Trinajstić information content (AvgIpc) is 2.73. The number of aliphatic hydroxyl groups is 1. The summed E-state index contributed by atoms with van der Waals surface area (Å²) in [5, 5.41) is 20.3. The lowest BCUT2D eigenvalue weighted by atomic mass is 10.0. The second kappa shape index (κ2) is 8.99. The first-order chi connectivity index (χ1) is 13.6. The zero-order valence-electron chi connectivity index (χ0n) is 15.9. The highest BCUT2D eigenvalue weighted by molar-refractivity contribution is 7.98. The Balaban J connectivity index is 2.07. The van der Waals surface area contributed by atoms with Gasteiger partial charge in [-0.2, -0.15) is 0 Å². The highest BCUT2D eigenvalue weighted by atomic mass is 32.2. The lowest BCUT2D eigenvalue weighted by Gasteiger charge is -2.20. The van der Waals surface area contributed by atoms with E-state index in [-0.39, 0.29) is 36.8 Å². The quantitative estimate of drug-likeness (QED) is 0.593. The molecule has 1 heterocycles. The van der Waals surface area contributed by atoms with Gasteiger partial charge in [-0.25, -0.2) is 0 Å². The van der Waals surface area contributed by atoms with Crippen molar-refractivity contribution in [2.75, 3.05) is 12.9 Å². The van der Waals surface area contributed by atoms with E-state index in [0.717, 1.165) is 16.0 Å². The molecule has 3 rings (SSSR count). The van der Waals surface area contributed by atoms with Crippen LogP contribution in [0.25, 0.3) is 11.3 Å². The molecule has 0 aliphatic heterocycles. The molecule has 0 bridgehead atoms. The molecule has 0 saturated carbocycles. The van der Waals surface area contributed by atoms with E-state index < -0.39 is 0 Å². The summed E-state index contributed by atoms with van der Waals surface area (Å²) in [6, 6.07) is 17.2. The molecule has 0 amide bonds. The highest BCUT2D eigenvalue weighted by Crippen LogP contribution is 2.32. The molecule has 28 heavy (non-hydrogen) atoms. The Kier molecular flexibility index (Phi) is 6.44. The largest absolute Gasteiger partial charge is 0.492 e. The molecule has 2 N–H and O–H groups in total. The number of pyridine rings is 1. The summed E-state index contributed by atoms with van der Waals surface area (Å²) in [6.45, 7) is 1.85. The third-order valence-electron chi connectivity index (χ3n) is 4.54. The Labute approximate surface area is 168 Å². The summed E-state index contributed by atoms with van der Waals surface area (Å²) in [4.78, 5) is 14.0. The molecule has 0 radical (unpaired) electrons. The van der Waals surface area contributed by atoms with E-state index in [2.05, 4.69) is 0 Å². The second-order valence-electron chi connectivity index (χ2n) is 6.33. The van der Waals surface area contributed by atoms with Gasteiger partial charge < -0.3 is 19.5 Å². The number of aromatic hydroxyl groups is 1. The molecule has 0 saturated heterocycles. The minimum Gasteiger partial charge on any atom is -0.492 e. The first-order valence-electron chi connectivity index (χ1n) is 8.95. The van der Waals surface area contributed by atoms with Crippen molar-refractivity contribution < 1.29 is 14.9 Å². The molecule has 0 fully saturated rings. The Morgan fingerprint density at radius 1 is 1.07 bits per heavy atom. The van der Waals surface area contributed by atoms with Crippen molar-refractivity contribution >= 4 is 11.8 Å². The molecule has 1 aromatic heterocycles. The molecule has 5 nitrogen and oxygen atoms in total. The maximum atomic E-state index is 12.9. The molecule has 3 aromatic rings. The Morgan fingerprint density at radius 2 is 1.75 bits per heavy atom. The second-order valence-corrected chi connectivity index (χ2v) is 7.21. The number of hydrogen-bond acceptors (Lipinski definition) is 5. The molecule has 2 aromatic carbocycles. The van der Waals surface area contributed by atoms with Crippen molar-refractivity contribution in [1.29, 1.82) is 0 Å². The van der Waals surface area contributed by atoms with Gasteiger partial charge in [0.1, 0.15) is 6.61 Å². The summed E-state index contributed by atoms with van der Waals surface area (Å²) in [6.07, 6.45) is 1.99. The maximum absolute atomic E-state index is 12.9. The average molecular weight is 397 g/mol. The lowest BCUT2D eigenvalue weighted by molar-refractivity contribution is 0.250. The topological polar surface area (TPSA) is 71.7 Å². The molecular formula is C22H23NO4S. The third-order valence-corrected chi connectivity index (χ3v) is 5.29. The number of rotatable bonds is 7. The van der Waals surface area contributed by atoms with Crippen molar-refractivity contribution in [3.05, 3.63) is 75.9 Å². The van der Waals surface area contributed by atoms with Crippen molar-refractivity contribution in [2.24, 2.45) is 0 Å². The molecule has 6 heteroatoms. The zero-order chi connectivity index (χ0) is 20.1. The molecule has 0 unspecified atom stereocenters. The fraction of sp³-hybridized carbons (Fsp3) is 0.227. The van der Waals surface area contributed by atoms with Crippen LogP contribution in [0.4, 0.5) is 0 Å². The number of aromatic nitrogens is 1. The summed E-state index contributed by atoms with van der Waals surface area (Å²) in [5.41, 5.74) is 2.38. The summed E-state index contributed by atoms with van der Waals surface area (Å²) in [7, 11) is 0. The van der Waals surface area contributed by atoms with Gasteiger partial charge in [0.25, 0.3) is 0 Å². The van der Waals surface area contributed by atoms with E-state index in [1.54, 1.807) is 18.7 Å². The van der Waals surface area contributed by atoms with Gasteiger partial charge >= 0.3 is 0 Å². The number of nitrogens with zero attached hydrogens (tertiary/aromatic N) is 1. The van der Waals surface area contributed by atoms with Gasteiger partial charge in [0, 0.05) is 17.0 Å². The minimum absolute atomic E-state index is 0.0979. The van der Waals surface area contributed by atoms with E-state index in [1.807, 2.05) is 60.9 Å². The van der Waals surface area contributed by atoms with Crippen molar-refractivity contribution in [1.82, 2.24) is 4.57 Å². The van der Waals surface area contributed by atoms with Crippen LogP contribution < -0.4 is 10.2 Å². The molecule has 0 aliphatic rings. The zero-order valence-corrected chi connectivity index (χ0v) is 16.7. The fourth-order valence-corrected chi connectivity index (χ4v) is 3.52. The normalized spacial score (nSPS) is 10.8. The lowest BCUT2D eigenvalue weighted by Crippen LogP contribution is -2.19. The van der Waals surface area contributed by atoms with Gasteiger partial charge in [0.2, 0.25) is 17.1 Å². The van der Waals surface area contributed by atoms with Crippen LogP contribution in [-0.2, 0) is 13.2 Å².